The molecule has 0 unspecified atom stereocenters. The molecule has 1 aromatic carbocycles. The van der Waals surface area contributed by atoms with Gasteiger partial charge in [-0.2, -0.15) is 0 Å². The number of hydrogen-bond donors (Lipinski definition) is 0. The van der Waals surface area contributed by atoms with Gasteiger partial charge in [0.1, 0.15) is 5.82 Å². The Kier molecular flexibility index (Phi) is 4.72. The number of ether oxygens (including phenoxy) is 1. The summed E-state index contributed by atoms with van der Waals surface area (Å²) < 4.78 is 18.0. The molecule has 0 fully saturated rings. The lowest BCUT2D eigenvalue weighted by atomic mass is 10.1. The number of rotatable bonds is 5. The highest BCUT2D eigenvalue weighted by atomic mass is 35.5. The zero-order valence-electron chi connectivity index (χ0n) is 8.43. The minimum Gasteiger partial charge on any atom is -0.385 e. The molecule has 1 aromatic rings. The molecule has 0 bridgehead atoms. The molecule has 0 aliphatic heterocycles. The summed E-state index contributed by atoms with van der Waals surface area (Å²) in [5, 5.41) is 0.367. The molecule has 0 radical (unpaired) electrons. The summed E-state index contributed by atoms with van der Waals surface area (Å²) in [5.74, 6) is -0.770. The van der Waals surface area contributed by atoms with Crippen molar-refractivity contribution in [3.63, 3.8) is 0 Å². The van der Waals surface area contributed by atoms with E-state index in [-0.39, 0.29) is 17.8 Å². The molecule has 0 atom stereocenters. The number of carbonyl (C=O) groups excluding carboxylic acids is 1. The van der Waals surface area contributed by atoms with Crippen molar-refractivity contribution in [1.82, 2.24) is 0 Å². The molecule has 2 nitrogen and oxygen atoms in total. The van der Waals surface area contributed by atoms with Gasteiger partial charge in [0.05, 0.1) is 5.56 Å². The van der Waals surface area contributed by atoms with E-state index in [1.54, 1.807) is 7.11 Å². The van der Waals surface area contributed by atoms with E-state index in [1.165, 1.54) is 18.2 Å². The zero-order chi connectivity index (χ0) is 11.3. The molecular formula is C11H12ClFO2. The maximum absolute atomic E-state index is 13.2. The minimum atomic E-state index is -0.526. The van der Waals surface area contributed by atoms with E-state index in [0.717, 1.165) is 0 Å². The van der Waals surface area contributed by atoms with Gasteiger partial charge >= 0.3 is 0 Å². The summed E-state index contributed by atoms with van der Waals surface area (Å²) in [5.41, 5.74) is 0.0543. The van der Waals surface area contributed by atoms with Gasteiger partial charge in [0, 0.05) is 25.2 Å². The van der Waals surface area contributed by atoms with E-state index < -0.39 is 5.82 Å². The van der Waals surface area contributed by atoms with Gasteiger partial charge in [-0.15, -0.1) is 0 Å². The standard InChI is InChI=1S/C11H12ClFO2/c1-15-6-2-3-11(14)9-7-8(12)4-5-10(9)13/h4-5,7H,2-3,6H2,1H3. The van der Waals surface area contributed by atoms with Crippen LogP contribution in [0.2, 0.25) is 5.02 Å². The van der Waals surface area contributed by atoms with Gasteiger partial charge in [-0.25, -0.2) is 4.39 Å². The van der Waals surface area contributed by atoms with Crippen LogP contribution in [-0.4, -0.2) is 19.5 Å². The van der Waals surface area contributed by atoms with Gasteiger partial charge in [0.15, 0.2) is 5.78 Å². The van der Waals surface area contributed by atoms with Crippen LogP contribution in [0.1, 0.15) is 23.2 Å². The van der Waals surface area contributed by atoms with Crippen LogP contribution in [0.5, 0.6) is 0 Å². The Balaban J connectivity index is 2.68. The van der Waals surface area contributed by atoms with Gasteiger partial charge in [0.25, 0.3) is 0 Å². The van der Waals surface area contributed by atoms with Crippen LogP contribution in [0.4, 0.5) is 4.39 Å². The van der Waals surface area contributed by atoms with E-state index in [9.17, 15) is 9.18 Å². The first-order valence-electron chi connectivity index (χ1n) is 4.62. The lowest BCUT2D eigenvalue weighted by molar-refractivity contribution is 0.0959. The largest absolute Gasteiger partial charge is 0.385 e. The van der Waals surface area contributed by atoms with Crippen LogP contribution in [0, 0.1) is 5.82 Å². The SMILES string of the molecule is COCCCC(=O)c1cc(Cl)ccc1F. The lowest BCUT2D eigenvalue weighted by Crippen LogP contribution is -2.04. The van der Waals surface area contributed by atoms with Crippen LogP contribution >= 0.6 is 11.6 Å². The molecule has 0 saturated heterocycles. The van der Waals surface area contributed by atoms with Crippen molar-refractivity contribution in [3.05, 3.63) is 34.6 Å². The van der Waals surface area contributed by atoms with Crippen molar-refractivity contribution in [3.8, 4) is 0 Å². The second-order valence-electron chi connectivity index (χ2n) is 3.14. The fraction of sp³-hybridized carbons (Fsp3) is 0.364. The van der Waals surface area contributed by atoms with Gasteiger partial charge in [-0.1, -0.05) is 11.6 Å². The highest BCUT2D eigenvalue weighted by Crippen LogP contribution is 2.16. The number of benzene rings is 1. The van der Waals surface area contributed by atoms with Gasteiger partial charge in [0.2, 0.25) is 0 Å². The van der Waals surface area contributed by atoms with Crippen molar-refractivity contribution >= 4 is 17.4 Å². The fourth-order valence-corrected chi connectivity index (χ4v) is 1.40. The zero-order valence-corrected chi connectivity index (χ0v) is 9.18. The molecule has 0 amide bonds. The highest BCUT2D eigenvalue weighted by molar-refractivity contribution is 6.31. The maximum atomic E-state index is 13.2. The van der Waals surface area contributed by atoms with Crippen molar-refractivity contribution in [1.29, 1.82) is 0 Å². The minimum absolute atomic E-state index is 0.0543. The topological polar surface area (TPSA) is 26.3 Å². The van der Waals surface area contributed by atoms with Crippen LogP contribution in [0.15, 0.2) is 18.2 Å². The molecule has 0 spiro atoms. The van der Waals surface area contributed by atoms with Crippen molar-refractivity contribution < 1.29 is 13.9 Å². The molecule has 4 heteroatoms. The van der Waals surface area contributed by atoms with Crippen molar-refractivity contribution in [2.45, 2.75) is 12.8 Å². The van der Waals surface area contributed by atoms with Gasteiger partial charge in [-0.3, -0.25) is 4.79 Å². The normalized spacial score (nSPS) is 10.3. The Morgan fingerprint density at radius 3 is 2.93 bits per heavy atom. The Morgan fingerprint density at radius 1 is 1.53 bits per heavy atom. The fourth-order valence-electron chi connectivity index (χ4n) is 1.22. The van der Waals surface area contributed by atoms with E-state index in [4.69, 9.17) is 16.3 Å². The molecule has 1 rings (SSSR count). The third-order valence-electron chi connectivity index (χ3n) is 1.98. The molecular weight excluding hydrogens is 219 g/mol. The number of hydrogen-bond acceptors (Lipinski definition) is 2. The second kappa shape index (κ2) is 5.83. The summed E-state index contributed by atoms with van der Waals surface area (Å²) >= 11 is 5.68. The first kappa shape index (κ1) is 12.1. The number of ketones is 1. The summed E-state index contributed by atoms with van der Waals surface area (Å²) in [6.07, 6.45) is 0.854. The molecule has 0 aromatic heterocycles. The van der Waals surface area contributed by atoms with Crippen LogP contribution in [0.25, 0.3) is 0 Å². The molecule has 0 aliphatic rings. The van der Waals surface area contributed by atoms with Gasteiger partial charge in [-0.05, 0) is 24.6 Å². The third-order valence-corrected chi connectivity index (χ3v) is 2.22. The number of carbonyl (C=O) groups is 1. The summed E-state index contributed by atoms with van der Waals surface area (Å²) in [4.78, 5) is 11.5. The van der Waals surface area contributed by atoms with Crippen LogP contribution in [0.3, 0.4) is 0 Å². The Labute approximate surface area is 93.0 Å². The van der Waals surface area contributed by atoms with Crippen molar-refractivity contribution in [2.24, 2.45) is 0 Å². The molecule has 0 saturated carbocycles. The molecule has 0 heterocycles. The maximum Gasteiger partial charge on any atom is 0.165 e. The molecule has 0 aliphatic carbocycles. The van der Waals surface area contributed by atoms with Crippen molar-refractivity contribution in [2.75, 3.05) is 13.7 Å². The van der Waals surface area contributed by atoms with E-state index in [1.807, 2.05) is 0 Å². The summed E-state index contributed by atoms with van der Waals surface area (Å²) in [7, 11) is 1.56. The van der Waals surface area contributed by atoms with E-state index in [2.05, 4.69) is 0 Å². The molecule has 0 N–H and O–H groups in total. The molecule has 82 valence electrons. The average Bonchev–Trinajstić information content (AvgIpc) is 2.22. The smallest absolute Gasteiger partial charge is 0.165 e. The summed E-state index contributed by atoms with van der Waals surface area (Å²) in [6.45, 7) is 0.494. The first-order valence-corrected chi connectivity index (χ1v) is 5.00. The highest BCUT2D eigenvalue weighted by Gasteiger charge is 2.11. The number of halogens is 2. The number of methoxy groups -OCH3 is 1. The second-order valence-corrected chi connectivity index (χ2v) is 3.58. The predicted octanol–water partition coefficient (Wildman–Crippen LogP) is 3.09. The Morgan fingerprint density at radius 2 is 2.27 bits per heavy atom. The molecule has 15 heavy (non-hydrogen) atoms. The van der Waals surface area contributed by atoms with Gasteiger partial charge < -0.3 is 4.74 Å². The lowest BCUT2D eigenvalue weighted by Gasteiger charge is -2.02. The summed E-state index contributed by atoms with van der Waals surface area (Å²) in [6, 6.07) is 3.97. The average molecular weight is 231 g/mol. The van der Waals surface area contributed by atoms with Crippen LogP contribution in [-0.2, 0) is 4.74 Å². The number of Topliss-reactive ketones (excluding diaryl/α,β-unsaturated/α-hetero) is 1. The Bertz CT molecular complexity index is 352. The third kappa shape index (κ3) is 3.61. The predicted molar refractivity (Wildman–Crippen MR) is 56.9 cm³/mol. The quantitative estimate of drug-likeness (QED) is 0.574. The Hall–Kier alpha value is -0.930. The van der Waals surface area contributed by atoms with E-state index in [0.29, 0.717) is 18.1 Å². The van der Waals surface area contributed by atoms with Crippen LogP contribution < -0.4 is 0 Å². The first-order chi connectivity index (χ1) is 7.15. The monoisotopic (exact) mass is 230 g/mol. The van der Waals surface area contributed by atoms with E-state index >= 15 is 0 Å².